The third-order valence-electron chi connectivity index (χ3n) is 4.78. The molecule has 2 aliphatic carbocycles. The minimum Gasteiger partial charge on any atom is -0.0558 e. The van der Waals surface area contributed by atoms with Gasteiger partial charge in [-0.1, -0.05) is 55.8 Å². The van der Waals surface area contributed by atoms with E-state index in [1.165, 1.54) is 28.5 Å². The van der Waals surface area contributed by atoms with Crippen LogP contribution in [0, 0.1) is 0 Å². The van der Waals surface area contributed by atoms with Crippen LogP contribution in [0.1, 0.15) is 62.8 Å². The molecule has 0 atom stereocenters. The van der Waals surface area contributed by atoms with Crippen molar-refractivity contribution in [3.8, 4) is 0 Å². The molecule has 1 aromatic rings. The average molecular weight is 305 g/mol. The van der Waals surface area contributed by atoms with Gasteiger partial charge in [0.05, 0.1) is 0 Å². The molecule has 3 rings (SSSR count). The van der Waals surface area contributed by atoms with E-state index >= 15 is 0 Å². The normalized spacial score (nSPS) is 23.3. The molecule has 1 heteroatoms. The predicted octanol–water partition coefficient (Wildman–Crippen LogP) is 5.33. The van der Waals surface area contributed by atoms with Crippen LogP contribution in [0.4, 0.5) is 0 Å². The Labute approximate surface area is 119 Å². The Morgan fingerprint density at radius 2 is 1.50 bits per heavy atom. The lowest BCUT2D eigenvalue weighted by molar-refractivity contribution is 0.331. The zero-order valence-electron chi connectivity index (χ0n) is 11.7. The average Bonchev–Trinajstić information content (AvgIpc) is 2.62. The molecule has 0 saturated heterocycles. The fourth-order valence-electron chi connectivity index (χ4n) is 3.36. The van der Waals surface area contributed by atoms with E-state index in [1.807, 2.05) is 0 Å². The van der Waals surface area contributed by atoms with Gasteiger partial charge in [-0.15, -0.1) is 0 Å². The molecule has 0 fully saturated rings. The van der Waals surface area contributed by atoms with Gasteiger partial charge in [-0.05, 0) is 52.0 Å². The van der Waals surface area contributed by atoms with Crippen molar-refractivity contribution in [2.75, 3.05) is 0 Å². The van der Waals surface area contributed by atoms with E-state index in [9.17, 15) is 0 Å². The molecule has 0 nitrogen and oxygen atoms in total. The third kappa shape index (κ3) is 1.79. The molecule has 1 aromatic carbocycles. The lowest BCUT2D eigenvalue weighted by Gasteiger charge is -2.42. The van der Waals surface area contributed by atoms with Crippen LogP contribution in [0.3, 0.4) is 0 Å². The van der Waals surface area contributed by atoms with Crippen LogP contribution in [0.25, 0.3) is 6.08 Å². The summed E-state index contributed by atoms with van der Waals surface area (Å²) < 4.78 is 1.32. The first-order chi connectivity index (χ1) is 8.29. The summed E-state index contributed by atoms with van der Waals surface area (Å²) in [7, 11) is 0. The molecule has 18 heavy (non-hydrogen) atoms. The maximum atomic E-state index is 3.65. The maximum absolute atomic E-state index is 3.65. The van der Waals surface area contributed by atoms with E-state index in [0.717, 1.165) is 6.42 Å². The molecule has 0 N–H and O–H groups in total. The largest absolute Gasteiger partial charge is 0.0558 e. The SMILES string of the molecule is CC1(C)CCC(C)(C)c2cc3c(cc21)C=C(Br)C3. The molecule has 0 amide bonds. The molecule has 0 radical (unpaired) electrons. The second kappa shape index (κ2) is 3.72. The van der Waals surface area contributed by atoms with Gasteiger partial charge in [0.15, 0.2) is 0 Å². The Hall–Kier alpha value is -0.560. The van der Waals surface area contributed by atoms with Gasteiger partial charge in [0, 0.05) is 10.9 Å². The van der Waals surface area contributed by atoms with E-state index in [4.69, 9.17) is 0 Å². The first-order valence-electron chi connectivity index (χ1n) is 6.84. The monoisotopic (exact) mass is 304 g/mol. The Balaban J connectivity index is 2.23. The van der Waals surface area contributed by atoms with Gasteiger partial charge in [0.1, 0.15) is 0 Å². The van der Waals surface area contributed by atoms with Crippen molar-refractivity contribution in [1.82, 2.24) is 0 Å². The number of halogens is 1. The van der Waals surface area contributed by atoms with Crippen LogP contribution in [-0.4, -0.2) is 0 Å². The van der Waals surface area contributed by atoms with Crippen molar-refractivity contribution in [1.29, 1.82) is 0 Å². The van der Waals surface area contributed by atoms with Crippen molar-refractivity contribution in [3.63, 3.8) is 0 Å². The van der Waals surface area contributed by atoms with Gasteiger partial charge in [0.25, 0.3) is 0 Å². The van der Waals surface area contributed by atoms with Crippen LogP contribution >= 0.6 is 15.9 Å². The summed E-state index contributed by atoms with van der Waals surface area (Å²) in [5, 5.41) is 0. The first-order valence-corrected chi connectivity index (χ1v) is 7.63. The standard InChI is InChI=1S/C17H21Br/c1-16(2)5-6-17(3,4)15-10-12-8-13(18)7-11(12)9-14(15)16/h7,9-10H,5-6,8H2,1-4H3. The van der Waals surface area contributed by atoms with Gasteiger partial charge < -0.3 is 0 Å². The van der Waals surface area contributed by atoms with E-state index in [-0.39, 0.29) is 0 Å². The molecule has 0 bridgehead atoms. The van der Waals surface area contributed by atoms with E-state index < -0.39 is 0 Å². The quantitative estimate of drug-likeness (QED) is 0.608. The summed E-state index contributed by atoms with van der Waals surface area (Å²) in [5.41, 5.74) is 6.71. The number of rotatable bonds is 0. The summed E-state index contributed by atoms with van der Waals surface area (Å²) in [5.74, 6) is 0. The summed E-state index contributed by atoms with van der Waals surface area (Å²) in [4.78, 5) is 0. The fraction of sp³-hybridized carbons (Fsp3) is 0.529. The van der Waals surface area contributed by atoms with Crippen molar-refractivity contribution in [2.24, 2.45) is 0 Å². The van der Waals surface area contributed by atoms with Crippen molar-refractivity contribution in [2.45, 2.75) is 57.8 Å². The summed E-state index contributed by atoms with van der Waals surface area (Å²) in [6.45, 7) is 9.57. The summed E-state index contributed by atoms with van der Waals surface area (Å²) in [6.07, 6.45) is 5.93. The van der Waals surface area contributed by atoms with E-state index in [0.29, 0.717) is 10.8 Å². The van der Waals surface area contributed by atoms with Crippen LogP contribution < -0.4 is 0 Å². The van der Waals surface area contributed by atoms with Gasteiger partial charge in [0.2, 0.25) is 0 Å². The smallest absolute Gasteiger partial charge is 0.00469 e. The van der Waals surface area contributed by atoms with Crippen molar-refractivity contribution in [3.05, 3.63) is 38.9 Å². The van der Waals surface area contributed by atoms with E-state index in [2.05, 4.69) is 61.8 Å². The van der Waals surface area contributed by atoms with Gasteiger partial charge in [-0.3, -0.25) is 0 Å². The Kier molecular flexibility index (Phi) is 2.58. The van der Waals surface area contributed by atoms with Crippen LogP contribution in [-0.2, 0) is 17.3 Å². The van der Waals surface area contributed by atoms with Gasteiger partial charge in [-0.2, -0.15) is 0 Å². The Bertz CT molecular complexity index is 547. The minimum atomic E-state index is 0.322. The van der Waals surface area contributed by atoms with Gasteiger partial charge in [-0.25, -0.2) is 0 Å². The lowest BCUT2D eigenvalue weighted by atomic mass is 9.62. The minimum absolute atomic E-state index is 0.322. The first kappa shape index (κ1) is 12.5. The highest BCUT2D eigenvalue weighted by Crippen LogP contribution is 2.47. The highest BCUT2D eigenvalue weighted by molar-refractivity contribution is 9.11. The van der Waals surface area contributed by atoms with Gasteiger partial charge >= 0.3 is 0 Å². The maximum Gasteiger partial charge on any atom is 0.00469 e. The molecule has 2 aliphatic rings. The van der Waals surface area contributed by atoms with Crippen molar-refractivity contribution >= 4 is 22.0 Å². The summed E-state index contributed by atoms with van der Waals surface area (Å²) in [6, 6.07) is 4.91. The number of hydrogen-bond donors (Lipinski definition) is 0. The second-order valence-corrected chi connectivity index (χ2v) is 8.15. The number of fused-ring (bicyclic) bond motifs is 2. The Morgan fingerprint density at radius 3 is 2.11 bits per heavy atom. The van der Waals surface area contributed by atoms with E-state index in [1.54, 1.807) is 11.1 Å². The van der Waals surface area contributed by atoms with Crippen LogP contribution in [0.2, 0.25) is 0 Å². The molecule has 0 heterocycles. The highest BCUT2D eigenvalue weighted by Gasteiger charge is 2.37. The molecule has 0 saturated carbocycles. The number of allylic oxidation sites excluding steroid dienone is 1. The second-order valence-electron chi connectivity index (χ2n) is 7.13. The lowest BCUT2D eigenvalue weighted by Crippen LogP contribution is -2.34. The molecule has 0 aromatic heterocycles. The Morgan fingerprint density at radius 1 is 0.944 bits per heavy atom. The van der Waals surface area contributed by atoms with Crippen LogP contribution in [0.15, 0.2) is 16.6 Å². The number of hydrogen-bond acceptors (Lipinski definition) is 0. The molecule has 0 aliphatic heterocycles. The predicted molar refractivity (Wildman–Crippen MR) is 82.3 cm³/mol. The van der Waals surface area contributed by atoms with Crippen LogP contribution in [0.5, 0.6) is 0 Å². The van der Waals surface area contributed by atoms with Crippen molar-refractivity contribution < 1.29 is 0 Å². The molecule has 0 unspecified atom stereocenters. The topological polar surface area (TPSA) is 0 Å². The molecule has 96 valence electrons. The highest BCUT2D eigenvalue weighted by atomic mass is 79.9. The fourth-order valence-corrected chi connectivity index (χ4v) is 3.91. The zero-order valence-corrected chi connectivity index (χ0v) is 13.3. The number of benzene rings is 1. The molecular weight excluding hydrogens is 284 g/mol. The summed E-state index contributed by atoms with van der Waals surface area (Å²) >= 11 is 3.65. The molecule has 0 spiro atoms. The third-order valence-corrected chi connectivity index (χ3v) is 5.29. The molecular formula is C17H21Br. The zero-order chi connectivity index (χ0) is 13.1.